The van der Waals surface area contributed by atoms with Crippen LogP contribution in [-0.2, 0) is 6.42 Å². The highest BCUT2D eigenvalue weighted by Crippen LogP contribution is 2.22. The lowest BCUT2D eigenvalue weighted by Crippen LogP contribution is -2.13. The van der Waals surface area contributed by atoms with E-state index in [2.05, 4.69) is 45.7 Å². The smallest absolute Gasteiger partial charge is 0.124 e. The van der Waals surface area contributed by atoms with Crippen molar-refractivity contribution in [3.8, 4) is 0 Å². The van der Waals surface area contributed by atoms with E-state index in [4.69, 9.17) is 0 Å². The lowest BCUT2D eigenvalue weighted by molar-refractivity contribution is 0.426. The summed E-state index contributed by atoms with van der Waals surface area (Å²) in [5.74, 6) is 0.988. The molecule has 0 aliphatic rings. The van der Waals surface area contributed by atoms with Gasteiger partial charge in [-0.2, -0.15) is 0 Å². The van der Waals surface area contributed by atoms with Crippen LogP contribution in [0.5, 0.6) is 0 Å². The van der Waals surface area contributed by atoms with Crippen molar-refractivity contribution in [2.75, 3.05) is 5.33 Å². The molecular formula is C12H15Br2F. The Bertz CT molecular complexity index is 303. The Morgan fingerprint density at radius 1 is 1.27 bits per heavy atom. The molecule has 0 spiro atoms. The van der Waals surface area contributed by atoms with E-state index in [1.165, 1.54) is 6.07 Å². The van der Waals surface area contributed by atoms with Gasteiger partial charge >= 0.3 is 0 Å². The van der Waals surface area contributed by atoms with E-state index in [1.54, 1.807) is 6.07 Å². The molecule has 84 valence electrons. The third kappa shape index (κ3) is 4.23. The van der Waals surface area contributed by atoms with Crippen LogP contribution in [0.3, 0.4) is 0 Å². The topological polar surface area (TPSA) is 0 Å². The van der Waals surface area contributed by atoms with Gasteiger partial charge in [0, 0.05) is 9.80 Å². The van der Waals surface area contributed by atoms with Crippen LogP contribution in [0.15, 0.2) is 22.7 Å². The van der Waals surface area contributed by atoms with Gasteiger partial charge in [0.1, 0.15) is 5.82 Å². The fourth-order valence-electron chi connectivity index (χ4n) is 1.50. The predicted octanol–water partition coefficient (Wildman–Crippen LogP) is 4.80. The molecule has 0 fully saturated rings. The van der Waals surface area contributed by atoms with Crippen molar-refractivity contribution in [2.24, 2.45) is 11.8 Å². The van der Waals surface area contributed by atoms with E-state index >= 15 is 0 Å². The summed E-state index contributed by atoms with van der Waals surface area (Å²) in [5, 5.41) is 0.957. The van der Waals surface area contributed by atoms with E-state index in [0.29, 0.717) is 11.8 Å². The fraction of sp³-hybridized carbons (Fsp3) is 0.500. The van der Waals surface area contributed by atoms with Gasteiger partial charge in [0.05, 0.1) is 0 Å². The lowest BCUT2D eigenvalue weighted by atomic mass is 9.91. The van der Waals surface area contributed by atoms with Crippen LogP contribution in [0, 0.1) is 17.7 Å². The van der Waals surface area contributed by atoms with Gasteiger partial charge in [-0.1, -0.05) is 45.7 Å². The molecule has 0 aliphatic carbocycles. The maximum Gasteiger partial charge on any atom is 0.124 e. The summed E-state index contributed by atoms with van der Waals surface area (Å²) in [6.07, 6.45) is 0.916. The maximum absolute atomic E-state index is 13.1. The largest absolute Gasteiger partial charge is 0.207 e. The number of hydrogen-bond acceptors (Lipinski definition) is 0. The summed E-state index contributed by atoms with van der Waals surface area (Å²) in [7, 11) is 0. The van der Waals surface area contributed by atoms with Gasteiger partial charge in [0.15, 0.2) is 0 Å². The zero-order valence-corrected chi connectivity index (χ0v) is 12.1. The molecule has 15 heavy (non-hydrogen) atoms. The monoisotopic (exact) mass is 336 g/mol. The molecule has 0 radical (unpaired) electrons. The molecule has 0 nitrogen and oxygen atoms in total. The summed E-state index contributed by atoms with van der Waals surface area (Å²) >= 11 is 6.82. The molecule has 0 heterocycles. The molecule has 1 aromatic carbocycles. The molecule has 1 aromatic rings. The maximum atomic E-state index is 13.1. The molecule has 0 saturated carbocycles. The van der Waals surface area contributed by atoms with Crippen LogP contribution < -0.4 is 0 Å². The van der Waals surface area contributed by atoms with Crippen molar-refractivity contribution in [3.05, 3.63) is 34.1 Å². The van der Waals surface area contributed by atoms with Gasteiger partial charge in [-0.05, 0) is 42.0 Å². The second kappa shape index (κ2) is 6.00. The van der Waals surface area contributed by atoms with Crippen molar-refractivity contribution in [1.82, 2.24) is 0 Å². The third-order valence-electron chi connectivity index (χ3n) is 2.56. The molecule has 0 aliphatic heterocycles. The highest BCUT2D eigenvalue weighted by Gasteiger charge is 2.13. The van der Waals surface area contributed by atoms with Crippen molar-refractivity contribution in [2.45, 2.75) is 20.3 Å². The Hall–Kier alpha value is 0.110. The van der Waals surface area contributed by atoms with E-state index in [1.807, 2.05) is 6.07 Å². The van der Waals surface area contributed by atoms with Crippen molar-refractivity contribution in [1.29, 1.82) is 0 Å². The second-order valence-corrected chi connectivity index (χ2v) is 5.70. The van der Waals surface area contributed by atoms with Crippen LogP contribution in [0.2, 0.25) is 0 Å². The summed E-state index contributed by atoms with van der Waals surface area (Å²) < 4.78 is 14.0. The van der Waals surface area contributed by atoms with Crippen LogP contribution in [0.1, 0.15) is 19.4 Å². The standard InChI is InChI=1S/C12H15Br2F/c1-8(2)10(7-13)3-9-4-11(14)6-12(15)5-9/h4-6,8,10H,3,7H2,1-2H3. The van der Waals surface area contributed by atoms with Gasteiger partial charge < -0.3 is 0 Å². The number of rotatable bonds is 4. The van der Waals surface area contributed by atoms with Gasteiger partial charge in [0.25, 0.3) is 0 Å². The van der Waals surface area contributed by atoms with Crippen molar-refractivity contribution >= 4 is 31.9 Å². The zero-order valence-electron chi connectivity index (χ0n) is 8.93. The number of hydrogen-bond donors (Lipinski definition) is 0. The second-order valence-electron chi connectivity index (χ2n) is 4.14. The highest BCUT2D eigenvalue weighted by atomic mass is 79.9. The minimum absolute atomic E-state index is 0.170. The summed E-state index contributed by atoms with van der Waals surface area (Å²) in [5.41, 5.74) is 1.06. The van der Waals surface area contributed by atoms with Crippen LogP contribution >= 0.6 is 31.9 Å². The Labute approximate surface area is 108 Å². The summed E-state index contributed by atoms with van der Waals surface area (Å²) in [4.78, 5) is 0. The average Bonchev–Trinajstić information content (AvgIpc) is 2.12. The van der Waals surface area contributed by atoms with E-state index in [-0.39, 0.29) is 5.82 Å². The zero-order chi connectivity index (χ0) is 11.4. The minimum Gasteiger partial charge on any atom is -0.207 e. The third-order valence-corrected chi connectivity index (χ3v) is 3.85. The lowest BCUT2D eigenvalue weighted by Gasteiger charge is -2.18. The first-order valence-electron chi connectivity index (χ1n) is 5.04. The number of benzene rings is 1. The summed E-state index contributed by atoms with van der Waals surface area (Å²) in [6.45, 7) is 4.39. The first kappa shape index (κ1) is 13.2. The van der Waals surface area contributed by atoms with Crippen LogP contribution in [0.25, 0.3) is 0 Å². The Balaban J connectivity index is 2.79. The van der Waals surface area contributed by atoms with Gasteiger partial charge in [-0.25, -0.2) is 4.39 Å². The Morgan fingerprint density at radius 2 is 1.93 bits per heavy atom. The van der Waals surface area contributed by atoms with Crippen molar-refractivity contribution in [3.63, 3.8) is 0 Å². The normalized spacial score (nSPS) is 13.2. The quantitative estimate of drug-likeness (QED) is 0.692. The molecular weight excluding hydrogens is 323 g/mol. The van der Waals surface area contributed by atoms with Crippen LogP contribution in [-0.4, -0.2) is 5.33 Å². The van der Waals surface area contributed by atoms with Gasteiger partial charge in [-0.3, -0.25) is 0 Å². The Morgan fingerprint density at radius 3 is 2.40 bits per heavy atom. The molecule has 1 rings (SSSR count). The molecule has 3 heteroatoms. The molecule has 0 bridgehead atoms. The predicted molar refractivity (Wildman–Crippen MR) is 69.9 cm³/mol. The van der Waals surface area contributed by atoms with E-state index in [0.717, 1.165) is 21.8 Å². The van der Waals surface area contributed by atoms with Gasteiger partial charge in [-0.15, -0.1) is 0 Å². The van der Waals surface area contributed by atoms with Gasteiger partial charge in [0.2, 0.25) is 0 Å². The molecule has 0 amide bonds. The molecule has 1 unspecified atom stereocenters. The minimum atomic E-state index is -0.170. The molecule has 0 saturated heterocycles. The average molecular weight is 338 g/mol. The molecule has 0 aromatic heterocycles. The molecule has 0 N–H and O–H groups in total. The summed E-state index contributed by atoms with van der Waals surface area (Å²) in [6, 6.07) is 5.09. The SMILES string of the molecule is CC(C)C(CBr)Cc1cc(F)cc(Br)c1. The Kier molecular flexibility index (Phi) is 5.27. The van der Waals surface area contributed by atoms with E-state index < -0.39 is 0 Å². The molecule has 1 atom stereocenters. The fourth-order valence-corrected chi connectivity index (χ4v) is 2.99. The number of alkyl halides is 1. The number of halogens is 3. The highest BCUT2D eigenvalue weighted by molar-refractivity contribution is 9.10. The first-order valence-corrected chi connectivity index (χ1v) is 6.95. The van der Waals surface area contributed by atoms with E-state index in [9.17, 15) is 4.39 Å². The van der Waals surface area contributed by atoms with Crippen molar-refractivity contribution < 1.29 is 4.39 Å². The van der Waals surface area contributed by atoms with Crippen LogP contribution in [0.4, 0.5) is 4.39 Å². The first-order chi connectivity index (χ1) is 7.02.